The molecule has 6 heteroatoms. The molecule has 0 radical (unpaired) electrons. The van der Waals surface area contributed by atoms with Crippen LogP contribution in [0, 0.1) is 11.8 Å². The van der Waals surface area contributed by atoms with E-state index in [2.05, 4.69) is 10.2 Å². The summed E-state index contributed by atoms with van der Waals surface area (Å²) in [6, 6.07) is 0.0959. The van der Waals surface area contributed by atoms with Gasteiger partial charge in [0.25, 0.3) is 0 Å². The molecule has 3 aliphatic heterocycles. The van der Waals surface area contributed by atoms with E-state index in [9.17, 15) is 9.59 Å². The largest absolute Gasteiger partial charge is 0.481 e. The van der Waals surface area contributed by atoms with Crippen LogP contribution in [0.25, 0.3) is 0 Å². The summed E-state index contributed by atoms with van der Waals surface area (Å²) in [6.07, 6.45) is 2.31. The number of hydrogen-bond acceptors (Lipinski definition) is 3. The number of fused-ring (bicyclic) bond motifs is 3. The Morgan fingerprint density at radius 2 is 2.05 bits per heavy atom. The molecule has 114 valence electrons. The van der Waals surface area contributed by atoms with E-state index in [4.69, 9.17) is 5.11 Å². The number of carboxylic acid groups (broad SMARTS) is 1. The Hall–Kier alpha value is -1.30. The van der Waals surface area contributed by atoms with Crippen molar-refractivity contribution in [2.75, 3.05) is 32.7 Å². The van der Waals surface area contributed by atoms with Crippen LogP contribution in [-0.4, -0.2) is 65.7 Å². The van der Waals surface area contributed by atoms with Crippen LogP contribution in [0.3, 0.4) is 0 Å². The number of aliphatic carboxylic acids is 1. The van der Waals surface area contributed by atoms with Crippen molar-refractivity contribution in [3.8, 4) is 0 Å². The van der Waals surface area contributed by atoms with E-state index in [0.29, 0.717) is 12.5 Å². The lowest BCUT2D eigenvalue weighted by Gasteiger charge is -2.45. The minimum absolute atomic E-state index is 0.126. The highest BCUT2D eigenvalue weighted by molar-refractivity contribution is 5.76. The molecule has 3 saturated heterocycles. The molecule has 0 spiro atoms. The van der Waals surface area contributed by atoms with Crippen LogP contribution in [0.2, 0.25) is 0 Å². The van der Waals surface area contributed by atoms with Gasteiger partial charge in [0.1, 0.15) is 0 Å². The molecular formula is C14H25N3O3. The Morgan fingerprint density at radius 1 is 1.40 bits per heavy atom. The number of piperidine rings is 3. The SMILES string of the molecule is CCN(CC(C)C(=O)O)C(=O)NC1CN2CCC1CC2. The van der Waals surface area contributed by atoms with E-state index in [1.165, 1.54) is 0 Å². The van der Waals surface area contributed by atoms with Gasteiger partial charge in [0.15, 0.2) is 0 Å². The lowest BCUT2D eigenvalue weighted by Crippen LogP contribution is -2.59. The normalized spacial score (nSPS) is 29.8. The van der Waals surface area contributed by atoms with Gasteiger partial charge in [0.05, 0.1) is 5.92 Å². The van der Waals surface area contributed by atoms with E-state index in [-0.39, 0.29) is 18.6 Å². The molecule has 2 atom stereocenters. The van der Waals surface area contributed by atoms with Crippen LogP contribution < -0.4 is 5.32 Å². The third-order valence-electron chi connectivity index (χ3n) is 4.55. The third-order valence-corrected chi connectivity index (χ3v) is 4.55. The van der Waals surface area contributed by atoms with Crippen molar-refractivity contribution < 1.29 is 14.7 Å². The highest BCUT2D eigenvalue weighted by atomic mass is 16.4. The highest BCUT2D eigenvalue weighted by Gasteiger charge is 2.35. The fourth-order valence-electron chi connectivity index (χ4n) is 3.14. The molecule has 2 bridgehead atoms. The van der Waals surface area contributed by atoms with Gasteiger partial charge in [-0.15, -0.1) is 0 Å². The molecule has 3 fully saturated rings. The summed E-state index contributed by atoms with van der Waals surface area (Å²) < 4.78 is 0. The Labute approximate surface area is 120 Å². The van der Waals surface area contributed by atoms with E-state index >= 15 is 0 Å². The van der Waals surface area contributed by atoms with Gasteiger partial charge in [0, 0.05) is 25.7 Å². The van der Waals surface area contributed by atoms with Gasteiger partial charge in [-0.2, -0.15) is 0 Å². The average Bonchev–Trinajstić information content (AvgIpc) is 2.45. The van der Waals surface area contributed by atoms with Crippen molar-refractivity contribution in [2.45, 2.75) is 32.7 Å². The maximum absolute atomic E-state index is 12.3. The lowest BCUT2D eigenvalue weighted by molar-refractivity contribution is -0.141. The van der Waals surface area contributed by atoms with Gasteiger partial charge in [-0.05, 0) is 38.8 Å². The molecule has 6 nitrogen and oxygen atoms in total. The number of nitrogens with zero attached hydrogens (tertiary/aromatic N) is 2. The molecule has 0 aliphatic carbocycles. The van der Waals surface area contributed by atoms with Crippen molar-refractivity contribution in [3.05, 3.63) is 0 Å². The molecule has 3 rings (SSSR count). The molecule has 2 amide bonds. The van der Waals surface area contributed by atoms with Crippen LogP contribution in [0.5, 0.6) is 0 Å². The summed E-state index contributed by atoms with van der Waals surface area (Å²) in [4.78, 5) is 27.2. The zero-order valence-electron chi connectivity index (χ0n) is 12.3. The zero-order valence-corrected chi connectivity index (χ0v) is 12.3. The smallest absolute Gasteiger partial charge is 0.317 e. The Bertz CT molecular complexity index is 367. The number of rotatable bonds is 5. The number of urea groups is 1. The number of carbonyl (C=O) groups is 2. The molecule has 0 saturated carbocycles. The minimum atomic E-state index is -0.862. The maximum Gasteiger partial charge on any atom is 0.317 e. The summed E-state index contributed by atoms with van der Waals surface area (Å²) in [7, 11) is 0. The summed E-state index contributed by atoms with van der Waals surface area (Å²) in [5.74, 6) is -0.814. The molecule has 0 aromatic carbocycles. The number of carboxylic acids is 1. The summed E-state index contributed by atoms with van der Waals surface area (Å²) in [6.45, 7) is 7.53. The number of hydrogen-bond donors (Lipinski definition) is 2. The molecular weight excluding hydrogens is 258 g/mol. The second kappa shape index (κ2) is 6.43. The van der Waals surface area contributed by atoms with Crippen molar-refractivity contribution in [1.82, 2.24) is 15.1 Å². The summed E-state index contributed by atoms with van der Waals surface area (Å²) in [5.41, 5.74) is 0. The predicted octanol–water partition coefficient (Wildman–Crippen LogP) is 0.833. The first kappa shape index (κ1) is 15.1. The van der Waals surface area contributed by atoms with Gasteiger partial charge in [0.2, 0.25) is 0 Å². The van der Waals surface area contributed by atoms with Crippen molar-refractivity contribution in [2.24, 2.45) is 11.8 Å². The Kier molecular flexibility index (Phi) is 4.86. The van der Waals surface area contributed by atoms with Gasteiger partial charge < -0.3 is 20.2 Å². The maximum atomic E-state index is 12.3. The molecule has 0 aromatic rings. The number of carbonyl (C=O) groups excluding carboxylic acids is 1. The zero-order chi connectivity index (χ0) is 14.7. The lowest BCUT2D eigenvalue weighted by atomic mass is 9.84. The van der Waals surface area contributed by atoms with Crippen molar-refractivity contribution >= 4 is 12.0 Å². The first-order valence-electron chi connectivity index (χ1n) is 7.51. The molecule has 3 aliphatic rings. The highest BCUT2D eigenvalue weighted by Crippen LogP contribution is 2.27. The minimum Gasteiger partial charge on any atom is -0.481 e. The Morgan fingerprint density at radius 3 is 2.50 bits per heavy atom. The summed E-state index contributed by atoms with van der Waals surface area (Å²) >= 11 is 0. The molecule has 2 unspecified atom stereocenters. The summed E-state index contributed by atoms with van der Waals surface area (Å²) in [5, 5.41) is 12.0. The fourth-order valence-corrected chi connectivity index (χ4v) is 3.14. The second-order valence-electron chi connectivity index (χ2n) is 5.97. The molecule has 20 heavy (non-hydrogen) atoms. The van der Waals surface area contributed by atoms with Crippen LogP contribution in [0.4, 0.5) is 4.79 Å². The van der Waals surface area contributed by atoms with Crippen LogP contribution in [0.15, 0.2) is 0 Å². The third kappa shape index (κ3) is 3.42. The Balaban J connectivity index is 1.87. The first-order valence-corrected chi connectivity index (χ1v) is 7.51. The monoisotopic (exact) mass is 283 g/mol. The van der Waals surface area contributed by atoms with Crippen molar-refractivity contribution in [3.63, 3.8) is 0 Å². The van der Waals surface area contributed by atoms with E-state index in [0.717, 1.165) is 32.5 Å². The fraction of sp³-hybridized carbons (Fsp3) is 0.857. The van der Waals surface area contributed by atoms with E-state index in [1.54, 1.807) is 11.8 Å². The second-order valence-corrected chi connectivity index (χ2v) is 5.97. The van der Waals surface area contributed by atoms with Crippen LogP contribution in [-0.2, 0) is 4.79 Å². The average molecular weight is 283 g/mol. The van der Waals surface area contributed by atoms with Gasteiger partial charge in [-0.1, -0.05) is 6.92 Å². The predicted molar refractivity (Wildman–Crippen MR) is 75.5 cm³/mol. The van der Waals surface area contributed by atoms with Crippen LogP contribution in [0.1, 0.15) is 26.7 Å². The van der Waals surface area contributed by atoms with Gasteiger partial charge in [-0.3, -0.25) is 4.79 Å². The molecule has 2 N–H and O–H groups in total. The number of nitrogens with one attached hydrogen (secondary N) is 1. The van der Waals surface area contributed by atoms with Gasteiger partial charge >= 0.3 is 12.0 Å². The first-order chi connectivity index (χ1) is 9.51. The molecule has 0 aromatic heterocycles. The number of amides is 2. The standard InChI is InChI=1S/C14H25N3O3/c1-3-17(8-10(2)13(18)19)14(20)15-12-9-16-6-4-11(12)5-7-16/h10-12H,3-9H2,1-2H3,(H,15,20)(H,18,19). The van der Waals surface area contributed by atoms with E-state index < -0.39 is 11.9 Å². The topological polar surface area (TPSA) is 72.9 Å². The molecule has 3 heterocycles. The van der Waals surface area contributed by atoms with E-state index in [1.807, 2.05) is 6.92 Å². The van der Waals surface area contributed by atoms with Crippen molar-refractivity contribution in [1.29, 1.82) is 0 Å². The van der Waals surface area contributed by atoms with Crippen LogP contribution >= 0.6 is 0 Å². The quantitative estimate of drug-likeness (QED) is 0.784. The van der Waals surface area contributed by atoms with Gasteiger partial charge in [-0.25, -0.2) is 4.79 Å².